The number of amides is 4. The van der Waals surface area contributed by atoms with E-state index in [9.17, 15) is 19.2 Å². The van der Waals surface area contributed by atoms with E-state index in [1.54, 1.807) is 11.8 Å². The Hall–Kier alpha value is -3.93. The molecule has 12 nitrogen and oxygen atoms in total. The van der Waals surface area contributed by atoms with Crippen LogP contribution in [0.1, 0.15) is 79.7 Å². The molecule has 1 saturated heterocycles. The number of piperidine rings is 1. The maximum absolute atomic E-state index is 13.4. The van der Waals surface area contributed by atoms with Gasteiger partial charge in [-0.2, -0.15) is 0 Å². The van der Waals surface area contributed by atoms with E-state index in [4.69, 9.17) is 9.26 Å². The Kier molecular flexibility index (Phi) is 12.2. The summed E-state index contributed by atoms with van der Waals surface area (Å²) in [6, 6.07) is 9.15. The van der Waals surface area contributed by atoms with Crippen LogP contribution in [0.4, 0.5) is 4.79 Å². The fourth-order valence-electron chi connectivity index (χ4n) is 5.84. The molecule has 240 valence electrons. The van der Waals surface area contributed by atoms with E-state index < -0.39 is 11.9 Å². The Morgan fingerprint density at radius 3 is 2.68 bits per heavy atom. The molecule has 0 bridgehead atoms. The summed E-state index contributed by atoms with van der Waals surface area (Å²) in [4.78, 5) is 54.3. The van der Waals surface area contributed by atoms with Gasteiger partial charge >= 0.3 is 6.09 Å². The number of fused-ring (bicyclic) bond motifs is 2. The van der Waals surface area contributed by atoms with E-state index in [0.29, 0.717) is 50.6 Å². The van der Waals surface area contributed by atoms with Crippen LogP contribution in [-0.4, -0.2) is 72.1 Å². The van der Waals surface area contributed by atoms with Crippen molar-refractivity contribution in [2.24, 2.45) is 11.8 Å². The zero-order valence-corrected chi connectivity index (χ0v) is 26.0. The van der Waals surface area contributed by atoms with Crippen LogP contribution in [-0.2, 0) is 27.5 Å². The van der Waals surface area contributed by atoms with Crippen molar-refractivity contribution in [2.45, 2.75) is 84.5 Å². The van der Waals surface area contributed by atoms with Crippen LogP contribution in [0.5, 0.6) is 0 Å². The van der Waals surface area contributed by atoms with Gasteiger partial charge in [-0.15, -0.1) is 0 Å². The van der Waals surface area contributed by atoms with Gasteiger partial charge in [-0.05, 0) is 63.0 Å². The summed E-state index contributed by atoms with van der Waals surface area (Å²) in [5.41, 5.74) is 1.54. The second-order valence-electron chi connectivity index (χ2n) is 12.1. The minimum Gasteiger partial charge on any atom is -0.445 e. The molecule has 1 fully saturated rings. The topological polar surface area (TPSA) is 155 Å². The highest BCUT2D eigenvalue weighted by Crippen LogP contribution is 2.30. The van der Waals surface area contributed by atoms with Crippen LogP contribution in [0.15, 0.2) is 34.9 Å². The predicted molar refractivity (Wildman–Crippen MR) is 163 cm³/mol. The van der Waals surface area contributed by atoms with Crippen molar-refractivity contribution < 1.29 is 28.4 Å². The molecule has 4 rings (SSSR count). The molecule has 2 aliphatic rings. The second-order valence-corrected chi connectivity index (χ2v) is 12.1. The van der Waals surface area contributed by atoms with E-state index in [2.05, 4.69) is 40.3 Å². The molecule has 1 aromatic carbocycles. The first-order valence-corrected chi connectivity index (χ1v) is 15.7. The average molecular weight is 611 g/mol. The zero-order valence-electron chi connectivity index (χ0n) is 26.0. The van der Waals surface area contributed by atoms with Crippen LogP contribution in [0.25, 0.3) is 0 Å². The predicted octanol–water partition coefficient (Wildman–Crippen LogP) is 3.05. The fraction of sp³-hybridized carbons (Fsp3) is 0.594. The molecule has 3 atom stereocenters. The van der Waals surface area contributed by atoms with Gasteiger partial charge in [-0.3, -0.25) is 14.4 Å². The molecular weight excluding hydrogens is 564 g/mol. The number of aryl methyl sites for hydroxylation is 1. The molecule has 4 N–H and O–H groups in total. The Morgan fingerprint density at radius 1 is 1.11 bits per heavy atom. The lowest BCUT2D eigenvalue weighted by molar-refractivity contribution is -0.124. The smallest absolute Gasteiger partial charge is 0.410 e. The third-order valence-electron chi connectivity index (χ3n) is 8.32. The lowest BCUT2D eigenvalue weighted by Crippen LogP contribution is -2.48. The van der Waals surface area contributed by atoms with Crippen LogP contribution in [0.3, 0.4) is 0 Å². The molecule has 0 radical (unpaired) electrons. The summed E-state index contributed by atoms with van der Waals surface area (Å²) in [5.74, 6) is -0.663. The number of benzene rings is 1. The number of aromatic nitrogens is 1. The lowest BCUT2D eigenvalue weighted by atomic mass is 9.81. The first-order chi connectivity index (χ1) is 21.2. The Labute approximate surface area is 259 Å². The van der Waals surface area contributed by atoms with E-state index in [1.807, 2.05) is 30.3 Å². The highest BCUT2D eigenvalue weighted by atomic mass is 16.6. The van der Waals surface area contributed by atoms with Crippen LogP contribution in [0, 0.1) is 18.8 Å². The summed E-state index contributed by atoms with van der Waals surface area (Å²) in [7, 11) is 0. The molecule has 44 heavy (non-hydrogen) atoms. The molecule has 0 spiro atoms. The van der Waals surface area contributed by atoms with E-state index >= 15 is 0 Å². The number of unbranched alkanes of at least 4 members (excludes halogenated alkanes) is 1. The molecule has 12 heteroatoms. The van der Waals surface area contributed by atoms with Gasteiger partial charge in [-0.25, -0.2) is 4.79 Å². The van der Waals surface area contributed by atoms with E-state index in [1.165, 1.54) is 0 Å². The summed E-state index contributed by atoms with van der Waals surface area (Å²) in [5, 5.41) is 16.1. The lowest BCUT2D eigenvalue weighted by Gasteiger charge is -2.38. The van der Waals surface area contributed by atoms with Gasteiger partial charge in [0.2, 0.25) is 11.8 Å². The number of nitrogens with one attached hydrogen (secondary N) is 4. The van der Waals surface area contributed by atoms with Gasteiger partial charge in [0.15, 0.2) is 5.76 Å². The SMILES string of the molecule is Cc1noc2c1C(=O)N[C@@H](CCCCNC(C)C)C(=O)NCC[C@H]1CN(C(=O)OCc3ccccc3)CC[C@H]1CC(=O)NC2. The van der Waals surface area contributed by atoms with Crippen molar-refractivity contribution in [2.75, 3.05) is 26.2 Å². The summed E-state index contributed by atoms with van der Waals surface area (Å²) in [6.45, 7) is 8.10. The van der Waals surface area contributed by atoms with Crippen molar-refractivity contribution in [1.29, 1.82) is 0 Å². The molecular formula is C32H46N6O6. The molecule has 4 amide bonds. The third-order valence-corrected chi connectivity index (χ3v) is 8.32. The third kappa shape index (κ3) is 9.54. The Bertz CT molecular complexity index is 1270. The first kappa shape index (κ1) is 33.0. The minimum atomic E-state index is -0.741. The van der Waals surface area contributed by atoms with Crippen molar-refractivity contribution in [1.82, 2.24) is 31.3 Å². The van der Waals surface area contributed by atoms with Gasteiger partial charge in [0, 0.05) is 32.1 Å². The van der Waals surface area contributed by atoms with Crippen LogP contribution >= 0.6 is 0 Å². The maximum Gasteiger partial charge on any atom is 0.410 e. The summed E-state index contributed by atoms with van der Waals surface area (Å²) >= 11 is 0. The van der Waals surface area contributed by atoms with Crippen molar-refractivity contribution >= 4 is 23.8 Å². The van der Waals surface area contributed by atoms with Crippen molar-refractivity contribution in [3.05, 3.63) is 52.9 Å². The molecule has 3 heterocycles. The highest BCUT2D eigenvalue weighted by Gasteiger charge is 2.34. The fourth-order valence-corrected chi connectivity index (χ4v) is 5.84. The molecule has 1 aromatic heterocycles. The highest BCUT2D eigenvalue weighted by molar-refractivity contribution is 5.99. The molecule has 0 aliphatic carbocycles. The van der Waals surface area contributed by atoms with E-state index in [-0.39, 0.29) is 60.6 Å². The Balaban J connectivity index is 1.45. The molecule has 0 saturated carbocycles. The maximum atomic E-state index is 13.4. The van der Waals surface area contributed by atoms with Gasteiger partial charge in [0.05, 0.1) is 12.2 Å². The van der Waals surface area contributed by atoms with Gasteiger partial charge in [0.1, 0.15) is 18.2 Å². The van der Waals surface area contributed by atoms with Crippen molar-refractivity contribution in [3.8, 4) is 0 Å². The quantitative estimate of drug-likeness (QED) is 0.333. The Morgan fingerprint density at radius 2 is 1.91 bits per heavy atom. The second kappa shape index (κ2) is 16.2. The van der Waals surface area contributed by atoms with Gasteiger partial charge < -0.3 is 35.4 Å². The minimum absolute atomic E-state index is 0.00940. The number of likely N-dealkylation sites (tertiary alicyclic amines) is 1. The van der Waals surface area contributed by atoms with Gasteiger partial charge in [0.25, 0.3) is 5.91 Å². The number of hydrogen-bond donors (Lipinski definition) is 4. The summed E-state index contributed by atoms with van der Waals surface area (Å²) < 4.78 is 11.0. The largest absolute Gasteiger partial charge is 0.445 e. The van der Waals surface area contributed by atoms with Crippen LogP contribution < -0.4 is 21.3 Å². The summed E-state index contributed by atoms with van der Waals surface area (Å²) in [6.07, 6.45) is 3.16. The number of ether oxygens (including phenoxy) is 1. The number of carbonyl (C=O) groups excluding carboxylic acids is 4. The molecule has 2 aromatic rings. The zero-order chi connectivity index (χ0) is 31.5. The standard InChI is InChI=1S/C32H46N6O6/c1-21(2)33-14-8-7-11-26-30(40)34-15-12-25-19-38(32(42)43-20-23-9-5-4-6-10-23)16-13-24(25)17-28(39)35-18-27-29(31(41)36-26)22(3)37-44-27/h4-6,9-10,21,24-26,33H,7-8,11-20H2,1-3H3,(H,34,40)(H,35,39)(H,36,41)/t24-,25-,26-/m0/s1. The normalized spacial score (nSPS) is 21.7. The first-order valence-electron chi connectivity index (χ1n) is 15.7. The monoisotopic (exact) mass is 610 g/mol. The number of carbonyl (C=O) groups is 4. The molecule has 0 unspecified atom stereocenters. The number of nitrogens with zero attached hydrogens (tertiary/aromatic N) is 2. The van der Waals surface area contributed by atoms with E-state index in [0.717, 1.165) is 24.9 Å². The number of hydrogen-bond acceptors (Lipinski definition) is 8. The van der Waals surface area contributed by atoms with Crippen molar-refractivity contribution in [3.63, 3.8) is 0 Å². The molecule has 2 aliphatic heterocycles. The van der Waals surface area contributed by atoms with Crippen LogP contribution in [0.2, 0.25) is 0 Å². The van der Waals surface area contributed by atoms with Gasteiger partial charge in [-0.1, -0.05) is 49.3 Å². The average Bonchev–Trinajstić information content (AvgIpc) is 3.38. The number of rotatable bonds is 8.